The molecular formula is C11H14ClNO2S. The third-order valence-electron chi connectivity index (χ3n) is 2.72. The molecule has 0 bridgehead atoms. The Bertz CT molecular complexity index is 380. The highest BCUT2D eigenvalue weighted by atomic mass is 35.5. The molecule has 3 nitrogen and oxygen atoms in total. The first-order valence-corrected chi connectivity index (χ1v) is 6.64. The standard InChI is InChI=1S/C11H14ClNO2S/c1-8-2-5-16-10(8)11(14)13-3-4-15-7-9(13)6-12/h2,5,9H,3-4,6-7H2,1H3. The van der Waals surface area contributed by atoms with E-state index >= 15 is 0 Å². The first-order chi connectivity index (χ1) is 7.74. The maximum Gasteiger partial charge on any atom is 0.264 e. The molecule has 0 aromatic carbocycles. The van der Waals surface area contributed by atoms with Gasteiger partial charge in [0, 0.05) is 12.4 Å². The molecule has 0 aliphatic carbocycles. The fourth-order valence-corrected chi connectivity index (χ4v) is 2.91. The van der Waals surface area contributed by atoms with Gasteiger partial charge in [-0.05, 0) is 23.9 Å². The number of hydrogen-bond acceptors (Lipinski definition) is 3. The topological polar surface area (TPSA) is 29.5 Å². The Morgan fingerprint density at radius 2 is 2.56 bits per heavy atom. The quantitative estimate of drug-likeness (QED) is 0.762. The van der Waals surface area contributed by atoms with E-state index in [2.05, 4.69) is 0 Å². The van der Waals surface area contributed by atoms with Crippen molar-refractivity contribution in [2.75, 3.05) is 25.6 Å². The molecular weight excluding hydrogens is 246 g/mol. The number of hydrogen-bond donors (Lipinski definition) is 0. The molecule has 5 heteroatoms. The molecule has 0 saturated carbocycles. The van der Waals surface area contributed by atoms with Gasteiger partial charge in [-0.1, -0.05) is 0 Å². The molecule has 1 fully saturated rings. The van der Waals surface area contributed by atoms with Crippen LogP contribution in [0, 0.1) is 6.92 Å². The van der Waals surface area contributed by atoms with Crippen molar-refractivity contribution in [2.45, 2.75) is 13.0 Å². The summed E-state index contributed by atoms with van der Waals surface area (Å²) >= 11 is 7.34. The molecule has 0 spiro atoms. The van der Waals surface area contributed by atoms with E-state index in [0.29, 0.717) is 25.6 Å². The van der Waals surface area contributed by atoms with E-state index in [-0.39, 0.29) is 11.9 Å². The van der Waals surface area contributed by atoms with Crippen molar-refractivity contribution in [3.8, 4) is 0 Å². The molecule has 0 N–H and O–H groups in total. The number of halogens is 1. The Morgan fingerprint density at radius 3 is 3.19 bits per heavy atom. The molecule has 1 aliphatic heterocycles. The minimum Gasteiger partial charge on any atom is -0.377 e. The van der Waals surface area contributed by atoms with E-state index in [1.807, 2.05) is 23.3 Å². The van der Waals surface area contributed by atoms with Crippen LogP contribution < -0.4 is 0 Å². The molecule has 1 unspecified atom stereocenters. The summed E-state index contributed by atoms with van der Waals surface area (Å²) in [6.07, 6.45) is 0. The molecule has 1 aromatic heterocycles. The highest BCUT2D eigenvalue weighted by molar-refractivity contribution is 7.12. The van der Waals surface area contributed by atoms with Gasteiger partial charge in [0.05, 0.1) is 24.1 Å². The monoisotopic (exact) mass is 259 g/mol. The van der Waals surface area contributed by atoms with Gasteiger partial charge < -0.3 is 9.64 Å². The number of morpholine rings is 1. The highest BCUT2D eigenvalue weighted by Crippen LogP contribution is 2.20. The molecule has 2 heterocycles. The number of alkyl halides is 1. The lowest BCUT2D eigenvalue weighted by molar-refractivity contribution is 0.00480. The summed E-state index contributed by atoms with van der Waals surface area (Å²) in [7, 11) is 0. The molecule has 1 saturated heterocycles. The highest BCUT2D eigenvalue weighted by Gasteiger charge is 2.28. The first kappa shape index (κ1) is 11.9. The zero-order valence-corrected chi connectivity index (χ0v) is 10.7. The van der Waals surface area contributed by atoms with E-state index in [4.69, 9.17) is 16.3 Å². The summed E-state index contributed by atoms with van der Waals surface area (Å²) in [4.78, 5) is 14.9. The van der Waals surface area contributed by atoms with Crippen molar-refractivity contribution in [3.63, 3.8) is 0 Å². The predicted octanol–water partition coefficient (Wildman–Crippen LogP) is 2.14. The largest absolute Gasteiger partial charge is 0.377 e. The number of thiophene rings is 1. The van der Waals surface area contributed by atoms with Crippen molar-refractivity contribution >= 4 is 28.8 Å². The van der Waals surface area contributed by atoms with Gasteiger partial charge in [0.2, 0.25) is 0 Å². The van der Waals surface area contributed by atoms with Crippen molar-refractivity contribution in [3.05, 3.63) is 21.9 Å². The lowest BCUT2D eigenvalue weighted by atomic mass is 10.2. The Balaban J connectivity index is 2.17. The smallest absolute Gasteiger partial charge is 0.264 e. The molecule has 0 radical (unpaired) electrons. The summed E-state index contributed by atoms with van der Waals surface area (Å²) in [5.41, 5.74) is 1.04. The fourth-order valence-electron chi connectivity index (χ4n) is 1.77. The van der Waals surface area contributed by atoms with Crippen LogP contribution in [0.3, 0.4) is 0 Å². The number of aryl methyl sites for hydroxylation is 1. The predicted molar refractivity (Wildman–Crippen MR) is 65.4 cm³/mol. The normalized spacial score (nSPS) is 21.1. The number of carbonyl (C=O) groups is 1. The summed E-state index contributed by atoms with van der Waals surface area (Å²) in [6, 6.07) is 1.97. The van der Waals surface area contributed by atoms with Gasteiger partial charge in [0.1, 0.15) is 0 Å². The lowest BCUT2D eigenvalue weighted by Crippen LogP contribution is -2.49. The van der Waals surface area contributed by atoms with Crippen LogP contribution in [0.2, 0.25) is 0 Å². The molecule has 16 heavy (non-hydrogen) atoms. The third kappa shape index (κ3) is 2.24. The van der Waals surface area contributed by atoms with Crippen molar-refractivity contribution in [1.29, 1.82) is 0 Å². The Morgan fingerprint density at radius 1 is 1.75 bits per heavy atom. The zero-order valence-electron chi connectivity index (χ0n) is 9.11. The van der Waals surface area contributed by atoms with Gasteiger partial charge in [-0.15, -0.1) is 22.9 Å². The first-order valence-electron chi connectivity index (χ1n) is 5.23. The second-order valence-corrected chi connectivity index (χ2v) is 5.04. The van der Waals surface area contributed by atoms with E-state index < -0.39 is 0 Å². The van der Waals surface area contributed by atoms with Crippen LogP contribution in [0.1, 0.15) is 15.2 Å². The van der Waals surface area contributed by atoms with E-state index in [1.54, 1.807) is 0 Å². The van der Waals surface area contributed by atoms with Crippen LogP contribution in [0.5, 0.6) is 0 Å². The molecule has 88 valence electrons. The van der Waals surface area contributed by atoms with E-state index in [0.717, 1.165) is 10.4 Å². The second-order valence-electron chi connectivity index (χ2n) is 3.81. The van der Waals surface area contributed by atoms with Gasteiger partial charge >= 0.3 is 0 Å². The maximum atomic E-state index is 12.3. The van der Waals surface area contributed by atoms with Crippen LogP contribution in [0.4, 0.5) is 0 Å². The molecule has 1 aliphatic rings. The number of nitrogens with zero attached hydrogens (tertiary/aromatic N) is 1. The number of rotatable bonds is 2. The van der Waals surface area contributed by atoms with Crippen LogP contribution >= 0.6 is 22.9 Å². The SMILES string of the molecule is Cc1ccsc1C(=O)N1CCOCC1CCl. The molecule has 2 rings (SSSR count). The summed E-state index contributed by atoms with van der Waals surface area (Å²) in [5.74, 6) is 0.511. The van der Waals surface area contributed by atoms with E-state index in [9.17, 15) is 4.79 Å². The second kappa shape index (κ2) is 5.17. The number of amides is 1. The van der Waals surface area contributed by atoms with Crippen LogP contribution in [0.15, 0.2) is 11.4 Å². The van der Waals surface area contributed by atoms with Crippen LogP contribution in [-0.4, -0.2) is 42.5 Å². The summed E-state index contributed by atoms with van der Waals surface area (Å²) in [5, 5.41) is 1.94. The average Bonchev–Trinajstić information content (AvgIpc) is 2.74. The van der Waals surface area contributed by atoms with Gasteiger partial charge in [0.15, 0.2) is 0 Å². The van der Waals surface area contributed by atoms with Gasteiger partial charge in [-0.3, -0.25) is 4.79 Å². The Kier molecular flexibility index (Phi) is 3.84. The van der Waals surface area contributed by atoms with Gasteiger partial charge in [0.25, 0.3) is 5.91 Å². The van der Waals surface area contributed by atoms with Gasteiger partial charge in [-0.2, -0.15) is 0 Å². The fraction of sp³-hybridized carbons (Fsp3) is 0.545. The molecule has 1 atom stereocenters. The number of ether oxygens (including phenoxy) is 1. The van der Waals surface area contributed by atoms with Crippen LogP contribution in [0.25, 0.3) is 0 Å². The number of carbonyl (C=O) groups excluding carboxylic acids is 1. The van der Waals surface area contributed by atoms with Crippen LogP contribution in [-0.2, 0) is 4.74 Å². The minimum atomic E-state index is 0.00409. The van der Waals surface area contributed by atoms with Gasteiger partial charge in [-0.25, -0.2) is 0 Å². The van der Waals surface area contributed by atoms with E-state index in [1.165, 1.54) is 11.3 Å². The summed E-state index contributed by atoms with van der Waals surface area (Å²) in [6.45, 7) is 3.73. The van der Waals surface area contributed by atoms with Crippen molar-refractivity contribution in [1.82, 2.24) is 4.90 Å². The summed E-state index contributed by atoms with van der Waals surface area (Å²) < 4.78 is 5.33. The average molecular weight is 260 g/mol. The molecule has 1 aromatic rings. The molecule has 1 amide bonds. The zero-order chi connectivity index (χ0) is 11.5. The lowest BCUT2D eigenvalue weighted by Gasteiger charge is -2.34. The Hall–Kier alpha value is -0.580. The Labute approximate surface area is 104 Å². The third-order valence-corrected chi connectivity index (χ3v) is 4.08. The maximum absolute atomic E-state index is 12.3. The van der Waals surface area contributed by atoms with Crippen molar-refractivity contribution < 1.29 is 9.53 Å². The van der Waals surface area contributed by atoms with Crippen molar-refractivity contribution in [2.24, 2.45) is 0 Å². The minimum absolute atomic E-state index is 0.00409.